The molecular weight excluding hydrogens is 386 g/mol. The van der Waals surface area contributed by atoms with Crippen molar-refractivity contribution < 1.29 is 13.2 Å². The topological polar surface area (TPSA) is 78.5 Å². The molecule has 0 aliphatic rings. The molecule has 0 atom stereocenters. The Morgan fingerprint density at radius 3 is 2.24 bits per heavy atom. The fourth-order valence-corrected chi connectivity index (χ4v) is 3.99. The zero-order chi connectivity index (χ0) is 21.8. The highest BCUT2D eigenvalue weighted by Crippen LogP contribution is 2.23. The molecule has 0 radical (unpaired) electrons. The molecule has 2 aromatic rings. The van der Waals surface area contributed by atoms with Crippen molar-refractivity contribution in [1.29, 1.82) is 0 Å². The first-order chi connectivity index (χ1) is 13.4. The van der Waals surface area contributed by atoms with Crippen LogP contribution in [-0.2, 0) is 26.8 Å². The second-order valence-electron chi connectivity index (χ2n) is 8.36. The molecule has 0 aliphatic heterocycles. The number of amides is 1. The number of carbonyl (C=O) groups excluding carboxylic acids is 1. The fourth-order valence-electron chi connectivity index (χ4n) is 3.00. The Morgan fingerprint density at radius 2 is 1.69 bits per heavy atom. The molecule has 0 bridgehead atoms. The zero-order valence-electron chi connectivity index (χ0n) is 18.0. The summed E-state index contributed by atoms with van der Waals surface area (Å²) in [7, 11) is -0.334. The van der Waals surface area contributed by atoms with Gasteiger partial charge in [-0.25, -0.2) is 13.1 Å². The van der Waals surface area contributed by atoms with Crippen LogP contribution in [0.3, 0.4) is 0 Å². The number of hydrogen-bond donors (Lipinski definition) is 2. The van der Waals surface area contributed by atoms with Gasteiger partial charge in [-0.3, -0.25) is 9.69 Å². The van der Waals surface area contributed by atoms with E-state index >= 15 is 0 Å². The summed E-state index contributed by atoms with van der Waals surface area (Å²) in [6.45, 7) is 9.09. The molecule has 0 saturated carbocycles. The summed E-state index contributed by atoms with van der Waals surface area (Å²) in [5.41, 5.74) is 3.59. The molecule has 2 rings (SSSR count). The molecule has 2 N–H and O–H groups in total. The Bertz CT molecular complexity index is 962. The van der Waals surface area contributed by atoms with Gasteiger partial charge in [-0.1, -0.05) is 51.1 Å². The molecular formula is C22H31N3O3S. The lowest BCUT2D eigenvalue weighted by Gasteiger charge is -2.20. The second-order valence-corrected chi connectivity index (χ2v) is 10.2. The monoisotopic (exact) mass is 417 g/mol. The van der Waals surface area contributed by atoms with E-state index in [0.29, 0.717) is 17.8 Å². The Kier molecular flexibility index (Phi) is 7.21. The van der Waals surface area contributed by atoms with Gasteiger partial charge in [0.05, 0.1) is 11.4 Å². The van der Waals surface area contributed by atoms with Gasteiger partial charge in [-0.05, 0) is 55.3 Å². The third-order valence-corrected chi connectivity index (χ3v) is 6.27. The van der Waals surface area contributed by atoms with Gasteiger partial charge in [0, 0.05) is 12.2 Å². The van der Waals surface area contributed by atoms with E-state index in [1.807, 2.05) is 11.9 Å². The van der Waals surface area contributed by atoms with Crippen molar-refractivity contribution in [2.24, 2.45) is 0 Å². The summed E-state index contributed by atoms with van der Waals surface area (Å²) >= 11 is 0. The summed E-state index contributed by atoms with van der Waals surface area (Å²) in [6.07, 6.45) is 0. The molecule has 0 heterocycles. The number of likely N-dealkylation sites (N-methyl/N-ethyl adjacent to an activating group) is 1. The van der Waals surface area contributed by atoms with E-state index in [2.05, 4.69) is 55.1 Å². The van der Waals surface area contributed by atoms with Crippen LogP contribution in [0.1, 0.15) is 37.5 Å². The zero-order valence-corrected chi connectivity index (χ0v) is 18.9. The van der Waals surface area contributed by atoms with E-state index in [4.69, 9.17) is 0 Å². The summed E-state index contributed by atoms with van der Waals surface area (Å²) in [4.78, 5) is 14.5. The number of benzene rings is 2. The quantitative estimate of drug-likeness (QED) is 0.725. The molecule has 0 spiro atoms. The third kappa shape index (κ3) is 6.39. The molecule has 0 aliphatic carbocycles. The van der Waals surface area contributed by atoms with E-state index < -0.39 is 10.0 Å². The highest BCUT2D eigenvalue weighted by atomic mass is 32.2. The molecule has 158 valence electrons. The number of nitrogens with one attached hydrogen (secondary N) is 2. The van der Waals surface area contributed by atoms with Gasteiger partial charge < -0.3 is 5.32 Å². The van der Waals surface area contributed by atoms with Crippen molar-refractivity contribution in [1.82, 2.24) is 9.62 Å². The lowest BCUT2D eigenvalue weighted by molar-refractivity contribution is -0.117. The van der Waals surface area contributed by atoms with E-state index in [9.17, 15) is 13.2 Å². The summed E-state index contributed by atoms with van der Waals surface area (Å²) < 4.78 is 26.5. The molecule has 6 nitrogen and oxygen atoms in total. The van der Waals surface area contributed by atoms with Gasteiger partial charge in [-0.15, -0.1) is 0 Å². The molecule has 0 saturated heterocycles. The van der Waals surface area contributed by atoms with Crippen LogP contribution < -0.4 is 10.0 Å². The average Bonchev–Trinajstić information content (AvgIpc) is 2.62. The van der Waals surface area contributed by atoms with Crippen LogP contribution in [0.25, 0.3) is 0 Å². The van der Waals surface area contributed by atoms with Crippen molar-refractivity contribution in [3.63, 3.8) is 0 Å². The summed E-state index contributed by atoms with van der Waals surface area (Å²) in [5.74, 6) is -0.199. The van der Waals surface area contributed by atoms with Gasteiger partial charge in [0.1, 0.15) is 0 Å². The second kappa shape index (κ2) is 9.07. The van der Waals surface area contributed by atoms with Crippen LogP contribution in [0.5, 0.6) is 0 Å². The number of sulfonamides is 1. The van der Waals surface area contributed by atoms with Crippen molar-refractivity contribution in [2.75, 3.05) is 26.0 Å². The maximum absolute atomic E-state index is 12.4. The van der Waals surface area contributed by atoms with E-state index in [-0.39, 0.29) is 22.8 Å². The Labute approximate surface area is 174 Å². The van der Waals surface area contributed by atoms with Crippen LogP contribution in [0.2, 0.25) is 0 Å². The highest BCUT2D eigenvalue weighted by molar-refractivity contribution is 7.89. The average molecular weight is 418 g/mol. The predicted molar refractivity (Wildman–Crippen MR) is 118 cm³/mol. The minimum absolute atomic E-state index is 0.109. The smallest absolute Gasteiger partial charge is 0.240 e. The molecule has 0 fully saturated rings. The first-order valence-corrected chi connectivity index (χ1v) is 11.0. The van der Waals surface area contributed by atoms with Crippen LogP contribution in [0.15, 0.2) is 47.4 Å². The van der Waals surface area contributed by atoms with Gasteiger partial charge in [0.25, 0.3) is 0 Å². The lowest BCUT2D eigenvalue weighted by Crippen LogP contribution is -2.30. The Balaban J connectivity index is 1.99. The van der Waals surface area contributed by atoms with Crippen molar-refractivity contribution >= 4 is 21.6 Å². The normalized spacial score (nSPS) is 12.2. The molecule has 0 unspecified atom stereocenters. The third-order valence-electron chi connectivity index (χ3n) is 4.72. The molecule has 1 amide bonds. The van der Waals surface area contributed by atoms with Crippen molar-refractivity contribution in [3.05, 3.63) is 59.2 Å². The number of nitrogens with zero attached hydrogens (tertiary/aromatic N) is 1. The van der Waals surface area contributed by atoms with Gasteiger partial charge in [0.15, 0.2) is 0 Å². The summed E-state index contributed by atoms with van der Waals surface area (Å²) in [6, 6.07) is 13.3. The van der Waals surface area contributed by atoms with Crippen molar-refractivity contribution in [2.45, 2.75) is 44.6 Å². The first kappa shape index (κ1) is 23.1. The number of aryl methyl sites for hydroxylation is 1. The van der Waals surface area contributed by atoms with Crippen LogP contribution in [0.4, 0.5) is 5.69 Å². The largest absolute Gasteiger partial charge is 0.325 e. The highest BCUT2D eigenvalue weighted by Gasteiger charge is 2.17. The SMILES string of the molecule is CNS(=O)(=O)c1cc(NC(=O)CN(C)Cc2ccc(C(C)(C)C)cc2)ccc1C. The fraction of sp³-hybridized carbons (Fsp3) is 0.409. The predicted octanol–water partition coefficient (Wildman–Crippen LogP) is 3.27. The lowest BCUT2D eigenvalue weighted by atomic mass is 9.87. The Morgan fingerprint density at radius 1 is 1.07 bits per heavy atom. The minimum atomic E-state index is -3.58. The Hall–Kier alpha value is -2.22. The standard InChI is InChI=1S/C22H31N3O3S/c1-16-7-12-19(13-20(16)29(27,28)23-5)24-21(26)15-25(6)14-17-8-10-18(11-9-17)22(2,3)4/h7-13,23H,14-15H2,1-6H3,(H,24,26). The molecule has 29 heavy (non-hydrogen) atoms. The van der Waals surface area contributed by atoms with Gasteiger partial charge in [-0.2, -0.15) is 0 Å². The van der Waals surface area contributed by atoms with Crippen LogP contribution in [0, 0.1) is 6.92 Å². The number of rotatable bonds is 7. The number of carbonyl (C=O) groups is 1. The van der Waals surface area contributed by atoms with E-state index in [1.54, 1.807) is 19.1 Å². The minimum Gasteiger partial charge on any atom is -0.325 e. The maximum Gasteiger partial charge on any atom is 0.240 e. The van der Waals surface area contributed by atoms with Crippen LogP contribution in [-0.4, -0.2) is 39.9 Å². The van der Waals surface area contributed by atoms with E-state index in [1.165, 1.54) is 18.7 Å². The van der Waals surface area contributed by atoms with Crippen LogP contribution >= 0.6 is 0 Å². The molecule has 0 aromatic heterocycles. The van der Waals surface area contributed by atoms with Gasteiger partial charge >= 0.3 is 0 Å². The van der Waals surface area contributed by atoms with Crippen molar-refractivity contribution in [3.8, 4) is 0 Å². The summed E-state index contributed by atoms with van der Waals surface area (Å²) in [5, 5.41) is 2.78. The maximum atomic E-state index is 12.4. The molecule has 2 aromatic carbocycles. The first-order valence-electron chi connectivity index (χ1n) is 9.54. The number of anilines is 1. The molecule has 7 heteroatoms. The van der Waals surface area contributed by atoms with E-state index in [0.717, 1.165) is 5.56 Å². The number of hydrogen-bond acceptors (Lipinski definition) is 4. The van der Waals surface area contributed by atoms with Gasteiger partial charge in [0.2, 0.25) is 15.9 Å².